The second-order valence-corrected chi connectivity index (χ2v) is 3.72. The number of ether oxygens (including phenoxy) is 2. The van der Waals surface area contributed by atoms with Crippen molar-refractivity contribution in [1.29, 1.82) is 0 Å². The normalized spacial score (nSPS) is 10.3. The molecule has 0 bridgehead atoms. The molecule has 0 aliphatic rings. The standard InChI is InChI=1S/C12H15N3O3/c1-17-8-3-4-9-10(7-8)15-12(14-9)13-6-5-11(16)18-2/h3-4,7H,5-6H2,1-2H3,(H2,13,14,15). The molecule has 0 radical (unpaired) electrons. The van der Waals surface area contributed by atoms with E-state index in [9.17, 15) is 4.79 Å². The number of methoxy groups -OCH3 is 2. The lowest BCUT2D eigenvalue weighted by Gasteiger charge is -2.00. The largest absolute Gasteiger partial charge is 0.497 e. The first kappa shape index (κ1) is 12.2. The number of fused-ring (bicyclic) bond motifs is 1. The van der Waals surface area contributed by atoms with Crippen LogP contribution in [0.4, 0.5) is 5.95 Å². The number of rotatable bonds is 5. The maximum absolute atomic E-state index is 10.9. The van der Waals surface area contributed by atoms with Gasteiger partial charge >= 0.3 is 5.97 Å². The Balaban J connectivity index is 2.03. The number of aromatic amines is 1. The molecule has 1 aromatic heterocycles. The zero-order valence-corrected chi connectivity index (χ0v) is 10.3. The molecular weight excluding hydrogens is 234 g/mol. The minimum Gasteiger partial charge on any atom is -0.497 e. The van der Waals surface area contributed by atoms with Crippen LogP contribution in [0.25, 0.3) is 11.0 Å². The number of hydrogen-bond acceptors (Lipinski definition) is 5. The molecule has 2 aromatic rings. The van der Waals surface area contributed by atoms with Crippen LogP contribution in [0, 0.1) is 0 Å². The third-order valence-electron chi connectivity index (χ3n) is 2.54. The summed E-state index contributed by atoms with van der Waals surface area (Å²) in [5.41, 5.74) is 1.73. The van der Waals surface area contributed by atoms with E-state index in [1.807, 2.05) is 18.2 Å². The molecule has 0 amide bonds. The van der Waals surface area contributed by atoms with Crippen LogP contribution in [0.15, 0.2) is 18.2 Å². The molecule has 0 aliphatic carbocycles. The maximum Gasteiger partial charge on any atom is 0.307 e. The molecule has 18 heavy (non-hydrogen) atoms. The highest BCUT2D eigenvalue weighted by atomic mass is 16.5. The van der Waals surface area contributed by atoms with Gasteiger partial charge in [0, 0.05) is 12.6 Å². The number of nitrogens with zero attached hydrogens (tertiary/aromatic N) is 1. The molecule has 96 valence electrons. The summed E-state index contributed by atoms with van der Waals surface area (Å²) in [7, 11) is 2.99. The van der Waals surface area contributed by atoms with E-state index in [2.05, 4.69) is 20.0 Å². The van der Waals surface area contributed by atoms with Crippen LogP contribution in [0.2, 0.25) is 0 Å². The van der Waals surface area contributed by atoms with Crippen molar-refractivity contribution < 1.29 is 14.3 Å². The second kappa shape index (κ2) is 5.39. The van der Waals surface area contributed by atoms with Gasteiger partial charge in [-0.3, -0.25) is 4.79 Å². The molecule has 2 rings (SSSR count). The number of esters is 1. The molecule has 1 heterocycles. The Bertz CT molecular complexity index is 550. The number of H-pyrrole nitrogens is 1. The molecule has 2 N–H and O–H groups in total. The summed E-state index contributed by atoms with van der Waals surface area (Å²) in [6.45, 7) is 0.476. The van der Waals surface area contributed by atoms with Crippen molar-refractivity contribution in [3.63, 3.8) is 0 Å². The zero-order chi connectivity index (χ0) is 13.0. The van der Waals surface area contributed by atoms with E-state index in [1.165, 1.54) is 7.11 Å². The van der Waals surface area contributed by atoms with Gasteiger partial charge in [0.15, 0.2) is 0 Å². The third kappa shape index (κ3) is 2.71. The summed E-state index contributed by atoms with van der Waals surface area (Å²) in [5.74, 6) is 1.15. The van der Waals surface area contributed by atoms with Gasteiger partial charge in [0.05, 0.1) is 31.7 Å². The van der Waals surface area contributed by atoms with E-state index in [0.717, 1.165) is 16.8 Å². The fourth-order valence-electron chi connectivity index (χ4n) is 1.58. The number of imidazole rings is 1. The van der Waals surface area contributed by atoms with Crippen molar-refractivity contribution in [3.8, 4) is 5.75 Å². The van der Waals surface area contributed by atoms with Crippen molar-refractivity contribution in [2.45, 2.75) is 6.42 Å². The van der Waals surface area contributed by atoms with Gasteiger partial charge in [-0.15, -0.1) is 0 Å². The average Bonchev–Trinajstić information content (AvgIpc) is 2.79. The molecule has 0 saturated heterocycles. The number of aromatic nitrogens is 2. The lowest BCUT2D eigenvalue weighted by Crippen LogP contribution is -2.10. The molecular formula is C12H15N3O3. The fraction of sp³-hybridized carbons (Fsp3) is 0.333. The summed E-state index contributed by atoms with van der Waals surface area (Å²) in [4.78, 5) is 18.4. The van der Waals surface area contributed by atoms with Crippen LogP contribution in [0.3, 0.4) is 0 Å². The summed E-state index contributed by atoms with van der Waals surface area (Å²) in [6.07, 6.45) is 0.302. The second-order valence-electron chi connectivity index (χ2n) is 3.72. The summed E-state index contributed by atoms with van der Waals surface area (Å²) >= 11 is 0. The lowest BCUT2D eigenvalue weighted by molar-refractivity contribution is -0.140. The molecule has 0 aliphatic heterocycles. The van der Waals surface area contributed by atoms with E-state index in [4.69, 9.17) is 4.74 Å². The van der Waals surface area contributed by atoms with E-state index in [0.29, 0.717) is 18.9 Å². The summed E-state index contributed by atoms with van der Waals surface area (Å²) in [5, 5.41) is 3.03. The summed E-state index contributed by atoms with van der Waals surface area (Å²) < 4.78 is 9.68. The molecule has 6 nitrogen and oxygen atoms in total. The van der Waals surface area contributed by atoms with Crippen molar-refractivity contribution >= 4 is 23.0 Å². The van der Waals surface area contributed by atoms with Gasteiger partial charge in [0.2, 0.25) is 5.95 Å². The van der Waals surface area contributed by atoms with E-state index in [1.54, 1.807) is 7.11 Å². The minimum absolute atomic E-state index is 0.250. The number of carbonyl (C=O) groups excluding carboxylic acids is 1. The van der Waals surface area contributed by atoms with Gasteiger partial charge in [-0.2, -0.15) is 0 Å². The topological polar surface area (TPSA) is 76.2 Å². The Morgan fingerprint density at radius 3 is 3.00 bits per heavy atom. The average molecular weight is 249 g/mol. The molecule has 0 spiro atoms. The van der Waals surface area contributed by atoms with Gasteiger partial charge in [-0.1, -0.05) is 0 Å². The van der Waals surface area contributed by atoms with Crippen LogP contribution in [0.5, 0.6) is 5.75 Å². The van der Waals surface area contributed by atoms with Crippen molar-refractivity contribution in [1.82, 2.24) is 9.97 Å². The Hall–Kier alpha value is -2.24. The quantitative estimate of drug-likeness (QED) is 0.786. The fourth-order valence-corrected chi connectivity index (χ4v) is 1.58. The smallest absolute Gasteiger partial charge is 0.307 e. The van der Waals surface area contributed by atoms with Crippen LogP contribution < -0.4 is 10.1 Å². The minimum atomic E-state index is -0.250. The van der Waals surface area contributed by atoms with Gasteiger partial charge in [0.25, 0.3) is 0 Å². The first-order chi connectivity index (χ1) is 8.72. The Labute approximate surface area is 104 Å². The van der Waals surface area contributed by atoms with Gasteiger partial charge < -0.3 is 19.8 Å². The molecule has 6 heteroatoms. The number of carbonyl (C=O) groups is 1. The molecule has 0 atom stereocenters. The van der Waals surface area contributed by atoms with Crippen LogP contribution in [0.1, 0.15) is 6.42 Å². The number of nitrogens with one attached hydrogen (secondary N) is 2. The predicted molar refractivity (Wildman–Crippen MR) is 67.8 cm³/mol. The highest BCUT2D eigenvalue weighted by Crippen LogP contribution is 2.20. The molecule has 0 saturated carbocycles. The summed E-state index contributed by atoms with van der Waals surface area (Å²) in [6, 6.07) is 5.59. The van der Waals surface area contributed by atoms with Gasteiger partial charge in [-0.25, -0.2) is 4.98 Å². The van der Waals surface area contributed by atoms with E-state index >= 15 is 0 Å². The monoisotopic (exact) mass is 249 g/mol. The van der Waals surface area contributed by atoms with Crippen molar-refractivity contribution in [2.24, 2.45) is 0 Å². The number of benzene rings is 1. The molecule has 0 unspecified atom stereocenters. The van der Waals surface area contributed by atoms with Gasteiger partial charge in [0.1, 0.15) is 5.75 Å². The van der Waals surface area contributed by atoms with Crippen LogP contribution in [-0.4, -0.2) is 36.7 Å². The van der Waals surface area contributed by atoms with E-state index < -0.39 is 0 Å². The van der Waals surface area contributed by atoms with Crippen LogP contribution in [-0.2, 0) is 9.53 Å². The van der Waals surface area contributed by atoms with Crippen LogP contribution >= 0.6 is 0 Å². The predicted octanol–water partition coefficient (Wildman–Crippen LogP) is 1.55. The SMILES string of the molecule is COC(=O)CCNc1nc2ccc(OC)cc2[nH]1. The first-order valence-electron chi connectivity index (χ1n) is 5.57. The van der Waals surface area contributed by atoms with Gasteiger partial charge in [-0.05, 0) is 12.1 Å². The molecule has 0 fully saturated rings. The van der Waals surface area contributed by atoms with Crippen molar-refractivity contribution in [3.05, 3.63) is 18.2 Å². The Morgan fingerprint density at radius 2 is 2.28 bits per heavy atom. The molecule has 1 aromatic carbocycles. The highest BCUT2D eigenvalue weighted by Gasteiger charge is 2.04. The Kier molecular flexibility index (Phi) is 3.66. The third-order valence-corrected chi connectivity index (χ3v) is 2.54. The maximum atomic E-state index is 10.9. The number of hydrogen-bond donors (Lipinski definition) is 2. The Morgan fingerprint density at radius 1 is 1.44 bits per heavy atom. The first-order valence-corrected chi connectivity index (χ1v) is 5.57. The highest BCUT2D eigenvalue weighted by molar-refractivity contribution is 5.79. The van der Waals surface area contributed by atoms with Crippen molar-refractivity contribution in [2.75, 3.05) is 26.1 Å². The number of anilines is 1. The lowest BCUT2D eigenvalue weighted by atomic mass is 10.3. The zero-order valence-electron chi connectivity index (χ0n) is 10.3. The van der Waals surface area contributed by atoms with E-state index in [-0.39, 0.29) is 5.97 Å².